The standard InChI is InChI=1S/C51H91NO8/c1-3-5-7-9-11-12-13-14-15-16-17-18-19-20-21-22-23-24-25-26-27-28-29-30-31-32-33-34-35-37-39-41-47(55)52-44(45(54)40-38-36-10-8-6-4-2)43-59-51-50(58)49(57)48(56)46(42-53)60-51/h5,7,11-12,14-15,17-18,20-21,44-46,48-51,53-54,56-58H,3-4,6,8-10,13,16,19,22-43H2,1-2H3,(H,52,55)/b7-5-,12-11-,15-14-,18-17-,21-20-. The monoisotopic (exact) mass is 846 g/mol. The van der Waals surface area contributed by atoms with Crippen LogP contribution in [0, 0.1) is 0 Å². The third-order valence-electron chi connectivity index (χ3n) is 11.4. The molecule has 7 unspecified atom stereocenters. The third-order valence-corrected chi connectivity index (χ3v) is 11.4. The molecule has 0 aliphatic carbocycles. The number of carbonyl (C=O) groups excluding carboxylic acids is 1. The molecule has 0 aromatic heterocycles. The van der Waals surface area contributed by atoms with Gasteiger partial charge in [0.1, 0.15) is 24.4 Å². The van der Waals surface area contributed by atoms with E-state index in [0.29, 0.717) is 12.8 Å². The average molecular weight is 846 g/mol. The number of ether oxygens (including phenoxy) is 2. The van der Waals surface area contributed by atoms with E-state index >= 15 is 0 Å². The highest BCUT2D eigenvalue weighted by Crippen LogP contribution is 2.23. The summed E-state index contributed by atoms with van der Waals surface area (Å²) in [6.45, 7) is 3.64. The van der Waals surface area contributed by atoms with Gasteiger partial charge in [-0.2, -0.15) is 0 Å². The number of unbranched alkanes of at least 4 members (excludes halogenated alkanes) is 20. The normalized spacial score (nSPS) is 21.1. The molecule has 1 aliphatic heterocycles. The molecule has 6 N–H and O–H groups in total. The van der Waals surface area contributed by atoms with Gasteiger partial charge >= 0.3 is 0 Å². The Labute approximate surface area is 366 Å². The maximum Gasteiger partial charge on any atom is 0.220 e. The van der Waals surface area contributed by atoms with Crippen LogP contribution in [-0.4, -0.2) is 87.5 Å². The summed E-state index contributed by atoms with van der Waals surface area (Å²) in [5, 5.41) is 54.0. The zero-order valence-electron chi connectivity index (χ0n) is 38.2. The lowest BCUT2D eigenvalue weighted by Crippen LogP contribution is -2.60. The largest absolute Gasteiger partial charge is 0.394 e. The van der Waals surface area contributed by atoms with Gasteiger partial charge in [0.15, 0.2) is 6.29 Å². The number of hydrogen-bond donors (Lipinski definition) is 6. The van der Waals surface area contributed by atoms with Crippen molar-refractivity contribution in [2.24, 2.45) is 0 Å². The van der Waals surface area contributed by atoms with E-state index in [2.05, 4.69) is 79.9 Å². The summed E-state index contributed by atoms with van der Waals surface area (Å²) in [4.78, 5) is 12.9. The van der Waals surface area contributed by atoms with Crippen molar-refractivity contribution < 1.29 is 39.8 Å². The van der Waals surface area contributed by atoms with Gasteiger partial charge in [0.25, 0.3) is 0 Å². The van der Waals surface area contributed by atoms with Crippen molar-refractivity contribution in [1.29, 1.82) is 0 Å². The van der Waals surface area contributed by atoms with Crippen molar-refractivity contribution in [3.8, 4) is 0 Å². The number of nitrogens with one attached hydrogen (secondary N) is 1. The lowest BCUT2D eigenvalue weighted by atomic mass is 9.99. The van der Waals surface area contributed by atoms with E-state index in [-0.39, 0.29) is 12.5 Å². The maximum atomic E-state index is 12.9. The summed E-state index contributed by atoms with van der Waals surface area (Å²) in [7, 11) is 0. The van der Waals surface area contributed by atoms with Gasteiger partial charge in [0, 0.05) is 6.42 Å². The average Bonchev–Trinajstić information content (AvgIpc) is 3.25. The number of aliphatic hydroxyl groups excluding tert-OH is 5. The number of amides is 1. The topological polar surface area (TPSA) is 149 Å². The Bertz CT molecular complexity index is 1120. The van der Waals surface area contributed by atoms with E-state index in [1.54, 1.807) is 0 Å². The van der Waals surface area contributed by atoms with E-state index < -0.39 is 49.5 Å². The van der Waals surface area contributed by atoms with Gasteiger partial charge in [0.05, 0.1) is 25.4 Å². The van der Waals surface area contributed by atoms with Crippen LogP contribution in [0.3, 0.4) is 0 Å². The fourth-order valence-corrected chi connectivity index (χ4v) is 7.48. The van der Waals surface area contributed by atoms with E-state index in [1.165, 1.54) is 103 Å². The minimum absolute atomic E-state index is 0.140. The Morgan fingerprint density at radius 2 is 1.03 bits per heavy atom. The first kappa shape index (κ1) is 55.9. The molecule has 1 fully saturated rings. The van der Waals surface area contributed by atoms with Gasteiger partial charge in [-0.15, -0.1) is 0 Å². The molecule has 7 atom stereocenters. The molecule has 1 aliphatic rings. The number of allylic oxidation sites excluding steroid dienone is 10. The van der Waals surface area contributed by atoms with Crippen molar-refractivity contribution in [2.45, 2.75) is 243 Å². The van der Waals surface area contributed by atoms with Gasteiger partial charge in [0.2, 0.25) is 5.91 Å². The highest BCUT2D eigenvalue weighted by molar-refractivity contribution is 5.76. The van der Waals surface area contributed by atoms with Crippen molar-refractivity contribution in [2.75, 3.05) is 13.2 Å². The molecule has 0 aromatic rings. The van der Waals surface area contributed by atoms with E-state index in [1.807, 2.05) is 0 Å². The number of carbonyl (C=O) groups is 1. The maximum absolute atomic E-state index is 12.9. The predicted molar refractivity (Wildman–Crippen MR) is 249 cm³/mol. The molecule has 0 radical (unpaired) electrons. The van der Waals surface area contributed by atoms with Crippen LogP contribution in [0.4, 0.5) is 0 Å². The SMILES string of the molecule is CC/C=C\C/C=C\C/C=C\C/C=C\C/C=C\CCCCCCCCCCCCCCCCCC(=O)NC(COC1OC(CO)C(O)C(O)C1O)C(O)CCCCCCCC. The van der Waals surface area contributed by atoms with Gasteiger partial charge < -0.3 is 40.3 Å². The molecule has 1 saturated heterocycles. The molecule has 60 heavy (non-hydrogen) atoms. The first-order valence-electron chi connectivity index (χ1n) is 24.5. The Morgan fingerprint density at radius 1 is 0.583 bits per heavy atom. The van der Waals surface area contributed by atoms with Gasteiger partial charge in [-0.3, -0.25) is 4.79 Å². The minimum Gasteiger partial charge on any atom is -0.394 e. The van der Waals surface area contributed by atoms with Crippen LogP contribution in [-0.2, 0) is 14.3 Å². The highest BCUT2D eigenvalue weighted by Gasteiger charge is 2.44. The smallest absolute Gasteiger partial charge is 0.220 e. The summed E-state index contributed by atoms with van der Waals surface area (Å²) in [6.07, 6.45) is 47.1. The first-order chi connectivity index (χ1) is 29.3. The molecule has 0 saturated carbocycles. The second-order valence-electron chi connectivity index (χ2n) is 16.9. The van der Waals surface area contributed by atoms with Crippen LogP contribution in [0.25, 0.3) is 0 Å². The van der Waals surface area contributed by atoms with Gasteiger partial charge in [-0.05, 0) is 57.8 Å². The lowest BCUT2D eigenvalue weighted by Gasteiger charge is -2.40. The van der Waals surface area contributed by atoms with Crippen LogP contribution < -0.4 is 5.32 Å². The first-order valence-corrected chi connectivity index (χ1v) is 24.5. The Hall–Kier alpha value is -2.11. The van der Waals surface area contributed by atoms with Crippen molar-refractivity contribution in [1.82, 2.24) is 5.32 Å². The third kappa shape index (κ3) is 30.8. The molecule has 1 heterocycles. The lowest BCUT2D eigenvalue weighted by molar-refractivity contribution is -0.302. The van der Waals surface area contributed by atoms with Crippen molar-refractivity contribution >= 4 is 5.91 Å². The van der Waals surface area contributed by atoms with Crippen molar-refractivity contribution in [3.63, 3.8) is 0 Å². The van der Waals surface area contributed by atoms with Crippen LogP contribution in [0.2, 0.25) is 0 Å². The summed E-state index contributed by atoms with van der Waals surface area (Å²) in [5.41, 5.74) is 0. The number of hydrogen-bond acceptors (Lipinski definition) is 8. The molecule has 9 heteroatoms. The zero-order valence-corrected chi connectivity index (χ0v) is 38.2. The summed E-state index contributed by atoms with van der Waals surface area (Å²) in [6, 6.07) is -0.716. The Kier molecular flexibility index (Phi) is 38.1. The fourth-order valence-electron chi connectivity index (χ4n) is 7.48. The Balaban J connectivity index is 2.08. The molecule has 0 spiro atoms. The molecular weight excluding hydrogens is 755 g/mol. The fraction of sp³-hybridized carbons (Fsp3) is 0.784. The highest BCUT2D eigenvalue weighted by atomic mass is 16.7. The quantitative estimate of drug-likeness (QED) is 0.0264. The summed E-state index contributed by atoms with van der Waals surface area (Å²) < 4.78 is 11.2. The molecule has 1 rings (SSSR count). The van der Waals surface area contributed by atoms with Gasteiger partial charge in [-0.25, -0.2) is 0 Å². The molecule has 348 valence electrons. The van der Waals surface area contributed by atoms with Crippen LogP contribution >= 0.6 is 0 Å². The summed E-state index contributed by atoms with van der Waals surface area (Å²) >= 11 is 0. The molecule has 0 aromatic carbocycles. The summed E-state index contributed by atoms with van der Waals surface area (Å²) in [5.74, 6) is -0.152. The van der Waals surface area contributed by atoms with Crippen molar-refractivity contribution in [3.05, 3.63) is 60.8 Å². The second-order valence-corrected chi connectivity index (χ2v) is 16.9. The zero-order chi connectivity index (χ0) is 43.7. The number of aliphatic hydroxyl groups is 5. The van der Waals surface area contributed by atoms with E-state index in [4.69, 9.17) is 9.47 Å². The Morgan fingerprint density at radius 3 is 1.53 bits per heavy atom. The second kappa shape index (κ2) is 40.9. The minimum atomic E-state index is -1.55. The van der Waals surface area contributed by atoms with Crippen LogP contribution in [0.15, 0.2) is 60.8 Å². The molecule has 9 nitrogen and oxygen atoms in total. The molecular formula is C51H91NO8. The molecule has 0 bridgehead atoms. The predicted octanol–water partition coefficient (Wildman–Crippen LogP) is 10.8. The van der Waals surface area contributed by atoms with Gasteiger partial charge in [-0.1, -0.05) is 197 Å². The van der Waals surface area contributed by atoms with Crippen LogP contribution in [0.5, 0.6) is 0 Å². The van der Waals surface area contributed by atoms with E-state index in [0.717, 1.165) is 70.6 Å². The molecule has 1 amide bonds. The van der Waals surface area contributed by atoms with E-state index in [9.17, 15) is 30.3 Å². The number of rotatable bonds is 40. The van der Waals surface area contributed by atoms with Crippen LogP contribution in [0.1, 0.15) is 200 Å².